The molecule has 3 rings (SSSR count). The van der Waals surface area contributed by atoms with Crippen LogP contribution < -0.4 is 5.32 Å². The Labute approximate surface area is 118 Å². The van der Waals surface area contributed by atoms with Gasteiger partial charge in [0.25, 0.3) is 0 Å². The minimum absolute atomic E-state index is 0.744. The molecule has 0 radical (unpaired) electrons. The summed E-state index contributed by atoms with van der Waals surface area (Å²) in [6, 6.07) is 18.4. The van der Waals surface area contributed by atoms with Gasteiger partial charge < -0.3 is 10.3 Å². The Hall–Kier alpha value is -2.39. The number of hydrogen-bond acceptors (Lipinski definition) is 2. The van der Waals surface area contributed by atoms with Crippen LogP contribution in [0.2, 0.25) is 0 Å². The predicted octanol–water partition coefficient (Wildman–Crippen LogP) is 3.37. The van der Waals surface area contributed by atoms with Gasteiger partial charge in [-0.25, -0.2) is 4.98 Å². The monoisotopic (exact) mass is 263 g/mol. The summed E-state index contributed by atoms with van der Waals surface area (Å²) in [5.41, 5.74) is 3.33. The van der Waals surface area contributed by atoms with Crippen LogP contribution in [0.25, 0.3) is 17.1 Å². The molecule has 0 aliphatic carbocycles. The molecule has 0 atom stereocenters. The molecule has 3 nitrogen and oxygen atoms in total. The molecule has 1 aromatic heterocycles. The first kappa shape index (κ1) is 12.6. The zero-order chi connectivity index (χ0) is 13.6. The Morgan fingerprint density at radius 3 is 2.65 bits per heavy atom. The zero-order valence-corrected chi connectivity index (χ0v) is 11.2. The van der Waals surface area contributed by atoms with Crippen molar-refractivity contribution in [1.82, 2.24) is 15.3 Å². The number of nitrogens with zero attached hydrogens (tertiary/aromatic N) is 1. The summed E-state index contributed by atoms with van der Waals surface area (Å²) >= 11 is 0. The van der Waals surface area contributed by atoms with E-state index in [0.29, 0.717) is 0 Å². The Morgan fingerprint density at radius 2 is 1.80 bits per heavy atom. The van der Waals surface area contributed by atoms with Crippen molar-refractivity contribution in [2.24, 2.45) is 0 Å². The molecule has 20 heavy (non-hydrogen) atoms. The molecular weight excluding hydrogens is 246 g/mol. The molecule has 0 saturated carbocycles. The first-order valence-electron chi connectivity index (χ1n) is 6.78. The van der Waals surface area contributed by atoms with Crippen LogP contribution in [0.4, 0.5) is 0 Å². The smallest absolute Gasteiger partial charge is 0.121 e. The third kappa shape index (κ3) is 3.13. The second-order valence-electron chi connectivity index (χ2n) is 4.64. The maximum absolute atomic E-state index is 4.53. The van der Waals surface area contributed by atoms with Gasteiger partial charge in [-0.2, -0.15) is 0 Å². The summed E-state index contributed by atoms with van der Waals surface area (Å²) in [7, 11) is 0. The van der Waals surface area contributed by atoms with Gasteiger partial charge in [-0.15, -0.1) is 0 Å². The normalized spacial score (nSPS) is 11.4. The average Bonchev–Trinajstić information content (AvgIpc) is 2.90. The Morgan fingerprint density at radius 1 is 1.00 bits per heavy atom. The van der Waals surface area contributed by atoms with Crippen molar-refractivity contribution >= 4 is 17.1 Å². The number of nitrogens with one attached hydrogen (secondary N) is 2. The maximum Gasteiger partial charge on any atom is 0.121 e. The topological polar surface area (TPSA) is 40.7 Å². The first-order valence-corrected chi connectivity index (χ1v) is 6.78. The Balaban J connectivity index is 1.51. The number of benzene rings is 2. The summed E-state index contributed by atoms with van der Waals surface area (Å²) in [4.78, 5) is 7.83. The number of H-pyrrole nitrogens is 1. The molecule has 2 aromatic carbocycles. The Bertz CT molecular complexity index is 665. The van der Waals surface area contributed by atoms with E-state index in [-0.39, 0.29) is 0 Å². The highest BCUT2D eigenvalue weighted by molar-refractivity contribution is 5.74. The lowest BCUT2D eigenvalue weighted by Gasteiger charge is -1.97. The number of fused-ring (bicyclic) bond motifs is 1. The highest BCUT2D eigenvalue weighted by Gasteiger charge is 1.99. The van der Waals surface area contributed by atoms with Crippen LogP contribution in [0.5, 0.6) is 0 Å². The molecule has 3 aromatic rings. The third-order valence-electron chi connectivity index (χ3n) is 3.10. The molecule has 0 saturated heterocycles. The number of aromatic amines is 1. The summed E-state index contributed by atoms with van der Waals surface area (Å²) in [5.74, 6) is 0.972. The van der Waals surface area contributed by atoms with Gasteiger partial charge in [-0.1, -0.05) is 54.6 Å². The van der Waals surface area contributed by atoms with Gasteiger partial charge in [0.2, 0.25) is 0 Å². The van der Waals surface area contributed by atoms with Crippen LogP contribution in [-0.4, -0.2) is 16.5 Å². The minimum Gasteiger partial charge on any atom is -0.341 e. The third-order valence-corrected chi connectivity index (χ3v) is 3.10. The van der Waals surface area contributed by atoms with Gasteiger partial charge in [0.05, 0.1) is 17.6 Å². The lowest BCUT2D eigenvalue weighted by atomic mass is 10.2. The Kier molecular flexibility index (Phi) is 3.90. The SMILES string of the molecule is C(=Cc1ccccc1)CNCc1nc2ccccc2[nH]1. The molecule has 100 valence electrons. The molecule has 1 heterocycles. The second kappa shape index (κ2) is 6.17. The quantitative estimate of drug-likeness (QED) is 0.693. The van der Waals surface area contributed by atoms with E-state index in [1.807, 2.05) is 42.5 Å². The number of para-hydroxylation sites is 2. The fraction of sp³-hybridized carbons (Fsp3) is 0.118. The molecule has 0 bridgehead atoms. The lowest BCUT2D eigenvalue weighted by molar-refractivity contribution is 0.728. The van der Waals surface area contributed by atoms with Gasteiger partial charge in [0, 0.05) is 6.54 Å². The standard InChI is InChI=1S/C17H17N3/c1-2-7-14(8-3-1)9-6-12-18-13-17-19-15-10-4-5-11-16(15)20-17/h1-11,18H,12-13H2,(H,19,20). The van der Waals surface area contributed by atoms with E-state index in [2.05, 4.69) is 39.6 Å². The summed E-state index contributed by atoms with van der Waals surface area (Å²) in [5, 5.41) is 3.35. The van der Waals surface area contributed by atoms with Crippen molar-refractivity contribution in [3.8, 4) is 0 Å². The van der Waals surface area contributed by atoms with Crippen LogP contribution in [0.15, 0.2) is 60.7 Å². The van der Waals surface area contributed by atoms with Gasteiger partial charge in [-0.05, 0) is 17.7 Å². The highest BCUT2D eigenvalue weighted by Crippen LogP contribution is 2.09. The van der Waals surface area contributed by atoms with Crippen LogP contribution in [-0.2, 0) is 6.54 Å². The first-order chi connectivity index (χ1) is 9.92. The van der Waals surface area contributed by atoms with E-state index in [9.17, 15) is 0 Å². The van der Waals surface area contributed by atoms with Crippen molar-refractivity contribution in [2.45, 2.75) is 6.54 Å². The van der Waals surface area contributed by atoms with Gasteiger partial charge in [0.15, 0.2) is 0 Å². The fourth-order valence-corrected chi connectivity index (χ4v) is 2.12. The van der Waals surface area contributed by atoms with Crippen molar-refractivity contribution in [1.29, 1.82) is 0 Å². The second-order valence-corrected chi connectivity index (χ2v) is 4.64. The molecule has 0 unspecified atom stereocenters. The van der Waals surface area contributed by atoms with Crippen molar-refractivity contribution in [2.75, 3.05) is 6.54 Å². The summed E-state index contributed by atoms with van der Waals surface area (Å²) in [6.07, 6.45) is 4.24. The zero-order valence-electron chi connectivity index (χ0n) is 11.2. The van der Waals surface area contributed by atoms with E-state index in [4.69, 9.17) is 0 Å². The lowest BCUT2D eigenvalue weighted by Crippen LogP contribution is -2.13. The van der Waals surface area contributed by atoms with E-state index in [1.165, 1.54) is 5.56 Å². The van der Waals surface area contributed by atoms with E-state index < -0.39 is 0 Å². The molecule has 3 heteroatoms. The van der Waals surface area contributed by atoms with E-state index in [1.54, 1.807) is 0 Å². The molecule has 0 aliphatic heterocycles. The number of imidazole rings is 1. The van der Waals surface area contributed by atoms with Gasteiger partial charge in [0.1, 0.15) is 5.82 Å². The average molecular weight is 263 g/mol. The number of aromatic nitrogens is 2. The molecule has 0 spiro atoms. The largest absolute Gasteiger partial charge is 0.341 e. The van der Waals surface area contributed by atoms with Crippen molar-refractivity contribution in [3.63, 3.8) is 0 Å². The summed E-state index contributed by atoms with van der Waals surface area (Å²) < 4.78 is 0. The van der Waals surface area contributed by atoms with Crippen LogP contribution in [0.3, 0.4) is 0 Å². The molecule has 0 fully saturated rings. The van der Waals surface area contributed by atoms with Crippen molar-refractivity contribution < 1.29 is 0 Å². The maximum atomic E-state index is 4.53. The predicted molar refractivity (Wildman–Crippen MR) is 83.3 cm³/mol. The van der Waals surface area contributed by atoms with E-state index in [0.717, 1.165) is 29.9 Å². The van der Waals surface area contributed by atoms with Gasteiger partial charge >= 0.3 is 0 Å². The highest BCUT2D eigenvalue weighted by atomic mass is 15.0. The molecule has 0 amide bonds. The van der Waals surface area contributed by atoms with Crippen LogP contribution in [0.1, 0.15) is 11.4 Å². The number of hydrogen-bond donors (Lipinski definition) is 2. The van der Waals surface area contributed by atoms with E-state index >= 15 is 0 Å². The molecule has 0 aliphatic rings. The molecule has 2 N–H and O–H groups in total. The minimum atomic E-state index is 0.744. The fourth-order valence-electron chi connectivity index (χ4n) is 2.12. The van der Waals surface area contributed by atoms with Crippen LogP contribution >= 0.6 is 0 Å². The summed E-state index contributed by atoms with van der Waals surface area (Å²) in [6.45, 7) is 1.57. The number of rotatable bonds is 5. The van der Waals surface area contributed by atoms with Crippen molar-refractivity contribution in [3.05, 3.63) is 72.1 Å². The van der Waals surface area contributed by atoms with Gasteiger partial charge in [-0.3, -0.25) is 0 Å². The van der Waals surface area contributed by atoms with Crippen LogP contribution in [0, 0.1) is 0 Å². The molecular formula is C17H17N3.